The summed E-state index contributed by atoms with van der Waals surface area (Å²) in [5.74, 6) is 0.00466. The predicted octanol–water partition coefficient (Wildman–Crippen LogP) is 4.58. The van der Waals surface area contributed by atoms with Gasteiger partial charge in [0.1, 0.15) is 0 Å². The Balaban J connectivity index is 1.47. The maximum Gasteiger partial charge on any atom is 0.225 e. The van der Waals surface area contributed by atoms with Gasteiger partial charge in [-0.15, -0.1) is 0 Å². The van der Waals surface area contributed by atoms with Gasteiger partial charge in [-0.1, -0.05) is 48.0 Å². The van der Waals surface area contributed by atoms with Crippen molar-refractivity contribution in [2.24, 2.45) is 0 Å². The van der Waals surface area contributed by atoms with Crippen LogP contribution in [-0.4, -0.2) is 28.5 Å². The number of hydrogen-bond donors (Lipinski definition) is 1. The van der Waals surface area contributed by atoms with E-state index < -0.39 is 0 Å². The Morgan fingerprint density at radius 1 is 1.04 bits per heavy atom. The molecule has 0 radical (unpaired) electrons. The van der Waals surface area contributed by atoms with E-state index in [4.69, 9.17) is 11.6 Å². The lowest BCUT2D eigenvalue weighted by atomic mass is 10.00. The number of carbonyl (C=O) groups excluding carboxylic acids is 1. The molecule has 1 aliphatic rings. The van der Waals surface area contributed by atoms with Crippen molar-refractivity contribution in [2.45, 2.75) is 19.0 Å². The van der Waals surface area contributed by atoms with Crippen LogP contribution < -0.4 is 5.32 Å². The molecule has 0 saturated heterocycles. The van der Waals surface area contributed by atoms with Gasteiger partial charge in [-0.05, 0) is 35.9 Å². The molecule has 5 heteroatoms. The number of benzene rings is 2. The summed E-state index contributed by atoms with van der Waals surface area (Å²) in [6.07, 6.45) is 2.57. The number of carbonyl (C=O) groups is 1. The van der Waals surface area contributed by atoms with Crippen LogP contribution >= 0.6 is 11.6 Å². The fourth-order valence-corrected chi connectivity index (χ4v) is 3.91. The topological polar surface area (TPSA) is 37.3 Å². The minimum Gasteiger partial charge on any atom is -0.348 e. The van der Waals surface area contributed by atoms with Gasteiger partial charge in [-0.3, -0.25) is 9.69 Å². The predicted molar refractivity (Wildman–Crippen MR) is 109 cm³/mol. The monoisotopic (exact) mass is 379 g/mol. The third-order valence-corrected chi connectivity index (χ3v) is 5.22. The van der Waals surface area contributed by atoms with Gasteiger partial charge in [0.2, 0.25) is 5.91 Å². The molecule has 0 bridgehead atoms. The molecule has 2 aromatic carbocycles. The Morgan fingerprint density at radius 2 is 1.89 bits per heavy atom. The molecule has 27 heavy (non-hydrogen) atoms. The first-order chi connectivity index (χ1) is 13.2. The molecule has 2 heterocycles. The highest BCUT2D eigenvalue weighted by Crippen LogP contribution is 2.32. The van der Waals surface area contributed by atoms with E-state index in [1.54, 1.807) is 12.1 Å². The van der Waals surface area contributed by atoms with Crippen LogP contribution in [0.1, 0.15) is 23.7 Å². The minimum atomic E-state index is 0.00466. The van der Waals surface area contributed by atoms with Crippen LogP contribution in [0.5, 0.6) is 0 Å². The molecule has 1 amide bonds. The maximum absolute atomic E-state index is 12.4. The van der Waals surface area contributed by atoms with E-state index in [0.29, 0.717) is 18.0 Å². The van der Waals surface area contributed by atoms with E-state index in [2.05, 4.69) is 57.4 Å². The van der Waals surface area contributed by atoms with Gasteiger partial charge in [0, 0.05) is 48.7 Å². The molecule has 3 aromatic rings. The van der Waals surface area contributed by atoms with Crippen molar-refractivity contribution in [3.05, 3.63) is 89.2 Å². The van der Waals surface area contributed by atoms with Gasteiger partial charge in [-0.2, -0.15) is 0 Å². The lowest BCUT2D eigenvalue weighted by Crippen LogP contribution is -2.39. The summed E-state index contributed by atoms with van der Waals surface area (Å²) in [5.41, 5.74) is 3.27. The number of halogens is 1. The average Bonchev–Trinajstić information content (AvgIpc) is 3.15. The number of hydrogen-bond acceptors (Lipinski definition) is 2. The molecule has 0 fully saturated rings. The van der Waals surface area contributed by atoms with E-state index in [0.717, 1.165) is 18.8 Å². The highest BCUT2D eigenvalue weighted by atomic mass is 35.5. The van der Waals surface area contributed by atoms with Crippen LogP contribution in [0.4, 0.5) is 5.69 Å². The van der Waals surface area contributed by atoms with E-state index in [-0.39, 0.29) is 11.9 Å². The zero-order valence-corrected chi connectivity index (χ0v) is 15.8. The fourth-order valence-electron chi connectivity index (χ4n) is 3.72. The second kappa shape index (κ2) is 7.99. The summed E-state index contributed by atoms with van der Waals surface area (Å²) in [6, 6.07) is 22.2. The van der Waals surface area contributed by atoms with Crippen molar-refractivity contribution in [3.63, 3.8) is 0 Å². The Bertz CT molecular complexity index is 922. The number of amides is 1. The third kappa shape index (κ3) is 4.07. The van der Waals surface area contributed by atoms with Gasteiger partial charge < -0.3 is 9.88 Å². The number of nitrogens with zero attached hydrogens (tertiary/aromatic N) is 2. The fraction of sp³-hybridized carbons (Fsp3) is 0.227. The summed E-state index contributed by atoms with van der Waals surface area (Å²) >= 11 is 5.99. The summed E-state index contributed by atoms with van der Waals surface area (Å²) in [6.45, 7) is 2.57. The molecule has 138 valence electrons. The van der Waals surface area contributed by atoms with Crippen molar-refractivity contribution in [1.29, 1.82) is 0 Å². The van der Waals surface area contributed by atoms with Crippen molar-refractivity contribution in [1.82, 2.24) is 9.47 Å². The molecule has 1 aliphatic heterocycles. The first-order valence-corrected chi connectivity index (χ1v) is 9.58. The number of aromatic nitrogens is 1. The van der Waals surface area contributed by atoms with Crippen LogP contribution in [-0.2, 0) is 11.3 Å². The van der Waals surface area contributed by atoms with Gasteiger partial charge in [-0.25, -0.2) is 0 Å². The minimum absolute atomic E-state index is 0.00466. The molecule has 0 aliphatic carbocycles. The van der Waals surface area contributed by atoms with E-state index in [9.17, 15) is 4.79 Å². The normalized spacial score (nSPS) is 16.7. The lowest BCUT2D eigenvalue weighted by Gasteiger charge is -2.37. The van der Waals surface area contributed by atoms with Crippen molar-refractivity contribution < 1.29 is 4.79 Å². The Labute approximate surface area is 164 Å². The molecule has 4 nitrogen and oxygen atoms in total. The Kier molecular flexibility index (Phi) is 5.28. The summed E-state index contributed by atoms with van der Waals surface area (Å²) in [7, 11) is 0. The van der Waals surface area contributed by atoms with E-state index in [1.807, 2.05) is 18.2 Å². The first-order valence-electron chi connectivity index (χ1n) is 9.20. The SMILES string of the molecule is O=C(CCN1CCn2cccc2C1c1ccccc1)Nc1cccc(Cl)c1. The number of anilines is 1. The largest absolute Gasteiger partial charge is 0.348 e. The average molecular weight is 380 g/mol. The maximum atomic E-state index is 12.4. The van der Waals surface area contributed by atoms with Crippen molar-refractivity contribution in [2.75, 3.05) is 18.4 Å². The highest BCUT2D eigenvalue weighted by Gasteiger charge is 2.28. The van der Waals surface area contributed by atoms with Crippen LogP contribution in [0.25, 0.3) is 0 Å². The molecule has 0 spiro atoms. The zero-order chi connectivity index (χ0) is 18.6. The van der Waals surface area contributed by atoms with Gasteiger partial charge in [0.05, 0.1) is 6.04 Å². The van der Waals surface area contributed by atoms with Crippen molar-refractivity contribution >= 4 is 23.2 Å². The summed E-state index contributed by atoms with van der Waals surface area (Å²) in [4.78, 5) is 14.8. The number of fused-ring (bicyclic) bond motifs is 1. The van der Waals surface area contributed by atoms with Gasteiger partial charge in [0.25, 0.3) is 0 Å². The zero-order valence-electron chi connectivity index (χ0n) is 15.0. The van der Waals surface area contributed by atoms with E-state index >= 15 is 0 Å². The standard InChI is InChI=1S/C22H22ClN3O/c23-18-8-4-9-19(16-18)24-21(27)11-13-26-15-14-25-12-5-10-20(25)22(26)17-6-2-1-3-7-17/h1-10,12,16,22H,11,13-15H2,(H,24,27). The van der Waals surface area contributed by atoms with Crippen LogP contribution in [0, 0.1) is 0 Å². The molecule has 4 rings (SSSR count). The highest BCUT2D eigenvalue weighted by molar-refractivity contribution is 6.30. The summed E-state index contributed by atoms with van der Waals surface area (Å²) < 4.78 is 2.31. The van der Waals surface area contributed by atoms with E-state index in [1.165, 1.54) is 11.3 Å². The van der Waals surface area contributed by atoms with Crippen LogP contribution in [0.2, 0.25) is 5.02 Å². The molecule has 1 atom stereocenters. The number of rotatable bonds is 5. The lowest BCUT2D eigenvalue weighted by molar-refractivity contribution is -0.116. The van der Waals surface area contributed by atoms with Crippen LogP contribution in [0.3, 0.4) is 0 Å². The molecule has 1 unspecified atom stereocenters. The smallest absolute Gasteiger partial charge is 0.225 e. The quantitative estimate of drug-likeness (QED) is 0.704. The van der Waals surface area contributed by atoms with Gasteiger partial charge >= 0.3 is 0 Å². The second-order valence-corrected chi connectivity index (χ2v) is 7.22. The second-order valence-electron chi connectivity index (χ2n) is 6.78. The van der Waals surface area contributed by atoms with Crippen molar-refractivity contribution in [3.8, 4) is 0 Å². The molecular weight excluding hydrogens is 358 g/mol. The van der Waals surface area contributed by atoms with Gasteiger partial charge in [0.15, 0.2) is 0 Å². The molecule has 0 saturated carbocycles. The third-order valence-electron chi connectivity index (χ3n) is 4.99. The first kappa shape index (κ1) is 17.8. The Hall–Kier alpha value is -2.56. The molecular formula is C22H22ClN3O. The summed E-state index contributed by atoms with van der Waals surface area (Å²) in [5, 5.41) is 3.56. The Morgan fingerprint density at radius 3 is 2.70 bits per heavy atom. The number of nitrogens with one attached hydrogen (secondary N) is 1. The molecule has 1 aromatic heterocycles. The van der Waals surface area contributed by atoms with Crippen LogP contribution in [0.15, 0.2) is 72.9 Å². The molecule has 1 N–H and O–H groups in total.